The minimum atomic E-state index is -3.39. The van der Waals surface area contributed by atoms with Crippen molar-refractivity contribution in [3.05, 3.63) is 34.9 Å². The van der Waals surface area contributed by atoms with Gasteiger partial charge >= 0.3 is 0 Å². The smallest absolute Gasteiger partial charge is 0.224 e. The Kier molecular flexibility index (Phi) is 6.41. The van der Waals surface area contributed by atoms with Crippen molar-refractivity contribution in [3.63, 3.8) is 0 Å². The Labute approximate surface area is 142 Å². The minimum Gasteiger partial charge on any atom is -0.378 e. The molecule has 0 atom stereocenters. The summed E-state index contributed by atoms with van der Waals surface area (Å²) in [4.78, 5) is 13.9. The highest BCUT2D eigenvalue weighted by Crippen LogP contribution is 2.14. The van der Waals surface area contributed by atoms with Crippen LogP contribution in [0.5, 0.6) is 0 Å². The van der Waals surface area contributed by atoms with Gasteiger partial charge in [-0.2, -0.15) is 4.31 Å². The summed E-state index contributed by atoms with van der Waals surface area (Å²) in [6.07, 6.45) is 1.32. The number of hydrogen-bond acceptors (Lipinski definition) is 4. The Hall–Kier alpha value is -1.15. The number of rotatable bonds is 6. The molecule has 0 spiro atoms. The lowest BCUT2D eigenvalue weighted by Crippen LogP contribution is -2.42. The summed E-state index contributed by atoms with van der Waals surface area (Å²) in [5.74, 6) is -0.0435. The number of halogens is 1. The van der Waals surface area contributed by atoms with Gasteiger partial charge in [0.15, 0.2) is 0 Å². The summed E-state index contributed by atoms with van der Waals surface area (Å²) in [6, 6.07) is 7.00. The number of morpholine rings is 1. The van der Waals surface area contributed by atoms with Crippen LogP contribution in [0.15, 0.2) is 24.3 Å². The molecule has 1 aromatic rings. The fourth-order valence-corrected chi connectivity index (χ4v) is 3.28. The lowest BCUT2D eigenvalue weighted by Gasteiger charge is -2.28. The van der Waals surface area contributed by atoms with Crippen molar-refractivity contribution in [1.82, 2.24) is 9.21 Å². The highest BCUT2D eigenvalue weighted by atomic mass is 35.5. The van der Waals surface area contributed by atoms with E-state index in [1.165, 1.54) is 4.31 Å². The Bertz CT molecular complexity index is 627. The molecule has 2 rings (SSSR count). The SMILES string of the molecule is CS(=O)(=O)N(CCC(=O)N1CCOCC1)Cc1ccc(Cl)cc1. The van der Waals surface area contributed by atoms with Gasteiger partial charge in [0.25, 0.3) is 0 Å². The van der Waals surface area contributed by atoms with Crippen LogP contribution >= 0.6 is 11.6 Å². The number of nitrogens with zero attached hydrogens (tertiary/aromatic N) is 2. The first-order chi connectivity index (χ1) is 10.9. The van der Waals surface area contributed by atoms with E-state index in [9.17, 15) is 13.2 Å². The molecule has 128 valence electrons. The van der Waals surface area contributed by atoms with Crippen molar-refractivity contribution in [2.75, 3.05) is 39.1 Å². The van der Waals surface area contributed by atoms with E-state index in [-0.39, 0.29) is 25.4 Å². The van der Waals surface area contributed by atoms with E-state index in [4.69, 9.17) is 16.3 Å². The molecule has 1 aliphatic heterocycles. The fraction of sp³-hybridized carbons (Fsp3) is 0.533. The lowest BCUT2D eigenvalue weighted by atomic mass is 10.2. The number of amides is 1. The number of hydrogen-bond donors (Lipinski definition) is 0. The van der Waals surface area contributed by atoms with Crippen molar-refractivity contribution in [1.29, 1.82) is 0 Å². The quantitative estimate of drug-likeness (QED) is 0.768. The molecule has 23 heavy (non-hydrogen) atoms. The lowest BCUT2D eigenvalue weighted by molar-refractivity contribution is -0.135. The Morgan fingerprint density at radius 1 is 1.26 bits per heavy atom. The molecule has 0 aliphatic carbocycles. The standard InChI is InChI=1S/C15H21ClN2O4S/c1-23(20,21)18(12-13-2-4-14(16)5-3-13)7-6-15(19)17-8-10-22-11-9-17/h2-5H,6-12H2,1H3. The highest BCUT2D eigenvalue weighted by molar-refractivity contribution is 7.88. The van der Waals surface area contributed by atoms with Crippen LogP contribution in [0.2, 0.25) is 5.02 Å². The molecule has 0 saturated carbocycles. The molecule has 1 aliphatic rings. The van der Waals surface area contributed by atoms with E-state index in [1.807, 2.05) is 0 Å². The molecule has 0 unspecified atom stereocenters. The van der Waals surface area contributed by atoms with Crippen LogP contribution in [-0.2, 0) is 26.1 Å². The summed E-state index contributed by atoms with van der Waals surface area (Å²) in [6.45, 7) is 2.59. The van der Waals surface area contributed by atoms with Crippen molar-refractivity contribution in [2.45, 2.75) is 13.0 Å². The van der Waals surface area contributed by atoms with E-state index in [0.717, 1.165) is 11.8 Å². The van der Waals surface area contributed by atoms with E-state index < -0.39 is 10.0 Å². The van der Waals surface area contributed by atoms with Crippen molar-refractivity contribution < 1.29 is 17.9 Å². The molecule has 1 saturated heterocycles. The first-order valence-corrected chi connectivity index (χ1v) is 9.64. The van der Waals surface area contributed by atoms with E-state index in [1.54, 1.807) is 29.2 Å². The van der Waals surface area contributed by atoms with Crippen molar-refractivity contribution in [2.24, 2.45) is 0 Å². The molecule has 1 aromatic carbocycles. The second-order valence-electron chi connectivity index (χ2n) is 5.47. The topological polar surface area (TPSA) is 66.9 Å². The summed E-state index contributed by atoms with van der Waals surface area (Å²) < 4.78 is 30.4. The Balaban J connectivity index is 1.96. The molecule has 8 heteroatoms. The van der Waals surface area contributed by atoms with Crippen LogP contribution in [0.4, 0.5) is 0 Å². The van der Waals surface area contributed by atoms with Gasteiger partial charge in [-0.15, -0.1) is 0 Å². The van der Waals surface area contributed by atoms with Crippen LogP contribution in [0.3, 0.4) is 0 Å². The number of sulfonamides is 1. The molecule has 1 amide bonds. The normalized spacial score (nSPS) is 15.9. The Morgan fingerprint density at radius 3 is 2.43 bits per heavy atom. The average Bonchev–Trinajstić information content (AvgIpc) is 2.52. The largest absolute Gasteiger partial charge is 0.378 e. The zero-order chi connectivity index (χ0) is 16.9. The third-order valence-electron chi connectivity index (χ3n) is 3.68. The van der Waals surface area contributed by atoms with Gasteiger partial charge in [0.1, 0.15) is 0 Å². The predicted molar refractivity (Wildman–Crippen MR) is 88.7 cm³/mol. The molecule has 6 nitrogen and oxygen atoms in total. The predicted octanol–water partition coefficient (Wildman–Crippen LogP) is 1.35. The third kappa shape index (κ3) is 5.76. The number of benzene rings is 1. The first-order valence-electron chi connectivity index (χ1n) is 7.41. The summed E-state index contributed by atoms with van der Waals surface area (Å²) in [7, 11) is -3.39. The molecular formula is C15H21ClN2O4S. The molecule has 0 bridgehead atoms. The number of carbonyl (C=O) groups is 1. The maximum atomic E-state index is 12.2. The molecule has 1 fully saturated rings. The maximum Gasteiger partial charge on any atom is 0.224 e. The van der Waals surface area contributed by atoms with Gasteiger partial charge in [-0.05, 0) is 17.7 Å². The maximum absolute atomic E-state index is 12.2. The third-order valence-corrected chi connectivity index (χ3v) is 5.18. The number of ether oxygens (including phenoxy) is 1. The first kappa shape index (κ1) is 18.2. The van der Waals surface area contributed by atoms with Gasteiger partial charge in [-0.3, -0.25) is 4.79 Å². The molecule has 0 N–H and O–H groups in total. The average molecular weight is 361 g/mol. The van der Waals surface area contributed by atoms with Crippen molar-refractivity contribution >= 4 is 27.5 Å². The van der Waals surface area contributed by atoms with E-state index >= 15 is 0 Å². The fourth-order valence-electron chi connectivity index (χ4n) is 2.35. The van der Waals surface area contributed by atoms with E-state index in [0.29, 0.717) is 31.3 Å². The van der Waals surface area contributed by atoms with Crippen LogP contribution in [0, 0.1) is 0 Å². The van der Waals surface area contributed by atoms with Gasteiger partial charge < -0.3 is 9.64 Å². The van der Waals surface area contributed by atoms with Crippen LogP contribution in [0.1, 0.15) is 12.0 Å². The van der Waals surface area contributed by atoms with Crippen LogP contribution < -0.4 is 0 Å². The molecule has 0 aromatic heterocycles. The molecule has 0 radical (unpaired) electrons. The summed E-state index contributed by atoms with van der Waals surface area (Å²) in [5, 5.41) is 0.599. The Morgan fingerprint density at radius 2 is 1.87 bits per heavy atom. The summed E-state index contributed by atoms with van der Waals surface area (Å²) >= 11 is 5.83. The minimum absolute atomic E-state index is 0.0435. The molecular weight excluding hydrogens is 340 g/mol. The van der Waals surface area contributed by atoms with Gasteiger partial charge in [0.2, 0.25) is 15.9 Å². The second-order valence-corrected chi connectivity index (χ2v) is 7.89. The van der Waals surface area contributed by atoms with Gasteiger partial charge in [-0.1, -0.05) is 23.7 Å². The zero-order valence-electron chi connectivity index (χ0n) is 13.1. The van der Waals surface area contributed by atoms with Crippen LogP contribution in [0.25, 0.3) is 0 Å². The van der Waals surface area contributed by atoms with Gasteiger partial charge in [-0.25, -0.2) is 8.42 Å². The van der Waals surface area contributed by atoms with E-state index in [2.05, 4.69) is 0 Å². The molecule has 1 heterocycles. The van der Waals surface area contributed by atoms with Crippen LogP contribution in [-0.4, -0.2) is 62.6 Å². The monoisotopic (exact) mass is 360 g/mol. The van der Waals surface area contributed by atoms with Gasteiger partial charge in [0.05, 0.1) is 19.5 Å². The zero-order valence-corrected chi connectivity index (χ0v) is 14.6. The summed E-state index contributed by atoms with van der Waals surface area (Å²) in [5.41, 5.74) is 0.832. The second kappa shape index (κ2) is 8.10. The van der Waals surface area contributed by atoms with Crippen molar-refractivity contribution in [3.8, 4) is 0 Å². The highest BCUT2D eigenvalue weighted by Gasteiger charge is 2.21. The van der Waals surface area contributed by atoms with Gasteiger partial charge in [0, 0.05) is 37.6 Å². The number of carbonyl (C=O) groups excluding carboxylic acids is 1.